The largest absolute Gasteiger partial charge is 0.398 e. The first-order chi connectivity index (χ1) is 8.54. The molecule has 0 unspecified atom stereocenters. The van der Waals surface area contributed by atoms with E-state index < -0.39 is 14.6 Å². The van der Waals surface area contributed by atoms with Gasteiger partial charge in [0, 0.05) is 29.7 Å². The number of nitrogens with two attached hydrogens (primary N) is 1. The first kappa shape index (κ1) is 15.5. The highest BCUT2D eigenvalue weighted by atomic mass is 32.2. The lowest BCUT2D eigenvalue weighted by atomic mass is 10.1. The molecule has 0 amide bonds. The second kappa shape index (κ2) is 5.21. The summed E-state index contributed by atoms with van der Waals surface area (Å²) in [5, 5.41) is 3.03. The summed E-state index contributed by atoms with van der Waals surface area (Å²) in [7, 11) is -3.15. The molecular weight excluding hydrogens is 264 g/mol. The van der Waals surface area contributed by atoms with Gasteiger partial charge in [-0.05, 0) is 39.0 Å². The molecule has 19 heavy (non-hydrogen) atoms. The van der Waals surface area contributed by atoms with Gasteiger partial charge >= 0.3 is 0 Å². The second-order valence-corrected chi connectivity index (χ2v) is 7.89. The average molecular weight is 284 g/mol. The third kappa shape index (κ3) is 3.70. The van der Waals surface area contributed by atoms with Crippen LogP contribution in [0.4, 0.5) is 11.4 Å². The molecule has 0 spiro atoms. The minimum Gasteiger partial charge on any atom is -0.398 e. The molecule has 0 radical (unpaired) electrons. The summed E-state index contributed by atoms with van der Waals surface area (Å²) in [6.07, 6.45) is 1.21. The minimum atomic E-state index is -3.15. The molecule has 5 nitrogen and oxygen atoms in total. The van der Waals surface area contributed by atoms with Gasteiger partial charge in [-0.1, -0.05) is 0 Å². The average Bonchev–Trinajstić information content (AvgIpc) is 2.24. The molecule has 0 saturated heterocycles. The van der Waals surface area contributed by atoms with E-state index in [0.717, 1.165) is 0 Å². The zero-order valence-electron chi connectivity index (χ0n) is 11.6. The van der Waals surface area contributed by atoms with Crippen molar-refractivity contribution in [3.05, 3.63) is 23.8 Å². The summed E-state index contributed by atoms with van der Waals surface area (Å²) >= 11 is 0. The standard InChI is InChI=1S/C13H20N2O3S/c1-9(16)11-6-5-10(7-12(11)14)15-8-13(2,3)19(4,17)18/h5-7,15H,8,14H2,1-4H3. The van der Waals surface area contributed by atoms with Crippen molar-refractivity contribution in [1.29, 1.82) is 0 Å². The zero-order chi connectivity index (χ0) is 14.8. The fourth-order valence-electron chi connectivity index (χ4n) is 1.44. The fraction of sp³-hybridized carbons (Fsp3) is 0.462. The van der Waals surface area contributed by atoms with Gasteiger partial charge in [-0.2, -0.15) is 0 Å². The molecule has 6 heteroatoms. The number of hydrogen-bond donors (Lipinski definition) is 2. The van der Waals surface area contributed by atoms with Crippen LogP contribution in [-0.4, -0.2) is 31.7 Å². The first-order valence-electron chi connectivity index (χ1n) is 5.88. The van der Waals surface area contributed by atoms with Crippen LogP contribution in [0.1, 0.15) is 31.1 Å². The Balaban J connectivity index is 2.86. The van der Waals surface area contributed by atoms with Gasteiger partial charge in [-0.25, -0.2) is 8.42 Å². The van der Waals surface area contributed by atoms with Crippen molar-refractivity contribution in [1.82, 2.24) is 0 Å². The first-order valence-corrected chi connectivity index (χ1v) is 7.78. The molecule has 0 aliphatic heterocycles. The van der Waals surface area contributed by atoms with Gasteiger partial charge in [0.25, 0.3) is 0 Å². The van der Waals surface area contributed by atoms with Crippen molar-refractivity contribution >= 4 is 27.0 Å². The number of Topliss-reactive ketones (excluding diaryl/α,β-unsaturated/α-hetero) is 1. The Hall–Kier alpha value is -1.56. The molecule has 0 saturated carbocycles. The number of carbonyl (C=O) groups is 1. The van der Waals surface area contributed by atoms with Crippen molar-refractivity contribution in [3.63, 3.8) is 0 Å². The van der Waals surface area contributed by atoms with Crippen molar-refractivity contribution in [2.24, 2.45) is 0 Å². The van der Waals surface area contributed by atoms with Gasteiger partial charge in [-0.3, -0.25) is 4.79 Å². The molecule has 0 atom stereocenters. The van der Waals surface area contributed by atoms with E-state index in [1.807, 2.05) is 0 Å². The predicted molar refractivity (Wildman–Crippen MR) is 78.3 cm³/mol. The molecule has 0 aliphatic carbocycles. The molecular formula is C13H20N2O3S. The Morgan fingerprint density at radius 2 is 1.95 bits per heavy atom. The molecule has 1 rings (SSSR count). The van der Waals surface area contributed by atoms with E-state index in [1.54, 1.807) is 32.0 Å². The quantitative estimate of drug-likeness (QED) is 0.634. The SMILES string of the molecule is CC(=O)c1ccc(NCC(C)(C)S(C)(=O)=O)cc1N. The number of benzene rings is 1. The summed E-state index contributed by atoms with van der Waals surface area (Å²) in [5.74, 6) is -0.0967. The smallest absolute Gasteiger partial charge is 0.161 e. The summed E-state index contributed by atoms with van der Waals surface area (Å²) < 4.78 is 22.3. The normalized spacial score (nSPS) is 12.2. The molecule has 3 N–H and O–H groups in total. The van der Waals surface area contributed by atoms with Crippen LogP contribution in [0.3, 0.4) is 0 Å². The topological polar surface area (TPSA) is 89.3 Å². The Morgan fingerprint density at radius 3 is 2.37 bits per heavy atom. The Morgan fingerprint density at radius 1 is 1.37 bits per heavy atom. The maximum Gasteiger partial charge on any atom is 0.161 e. The third-order valence-corrected chi connectivity index (χ3v) is 5.30. The van der Waals surface area contributed by atoms with E-state index in [4.69, 9.17) is 5.73 Å². The number of carbonyl (C=O) groups excluding carboxylic acids is 1. The van der Waals surface area contributed by atoms with E-state index in [2.05, 4.69) is 5.32 Å². The Kier molecular flexibility index (Phi) is 4.25. The van der Waals surface area contributed by atoms with Crippen molar-refractivity contribution < 1.29 is 13.2 Å². The van der Waals surface area contributed by atoms with Crippen LogP contribution < -0.4 is 11.1 Å². The number of ketones is 1. The van der Waals surface area contributed by atoms with E-state index in [9.17, 15) is 13.2 Å². The molecule has 1 aromatic rings. The highest BCUT2D eigenvalue weighted by molar-refractivity contribution is 7.92. The zero-order valence-corrected chi connectivity index (χ0v) is 12.5. The number of nitrogen functional groups attached to an aromatic ring is 1. The molecule has 106 valence electrons. The maximum atomic E-state index is 11.6. The van der Waals surface area contributed by atoms with E-state index in [1.165, 1.54) is 13.2 Å². The molecule has 0 aromatic heterocycles. The maximum absolute atomic E-state index is 11.6. The minimum absolute atomic E-state index is 0.0967. The molecule has 1 aromatic carbocycles. The second-order valence-electron chi connectivity index (χ2n) is 5.24. The van der Waals surface area contributed by atoms with Crippen LogP contribution in [0.15, 0.2) is 18.2 Å². The van der Waals surface area contributed by atoms with Gasteiger partial charge in [0.05, 0.1) is 4.75 Å². The third-order valence-electron chi connectivity index (χ3n) is 3.15. The highest BCUT2D eigenvalue weighted by Crippen LogP contribution is 2.21. The molecule has 0 bridgehead atoms. The Bertz CT molecular complexity index is 592. The van der Waals surface area contributed by atoms with E-state index in [0.29, 0.717) is 16.9 Å². The predicted octanol–water partition coefficient (Wildman–Crippen LogP) is 1.71. The molecule has 0 heterocycles. The van der Waals surface area contributed by atoms with Crippen LogP contribution in [0.2, 0.25) is 0 Å². The number of sulfone groups is 1. The van der Waals surface area contributed by atoms with Crippen molar-refractivity contribution in [2.45, 2.75) is 25.5 Å². The lowest BCUT2D eigenvalue weighted by molar-refractivity contribution is 0.101. The number of anilines is 2. The summed E-state index contributed by atoms with van der Waals surface area (Å²) in [5.41, 5.74) is 7.31. The van der Waals surface area contributed by atoms with Gasteiger partial charge in [0.1, 0.15) is 0 Å². The lowest BCUT2D eigenvalue weighted by Crippen LogP contribution is -2.38. The van der Waals surface area contributed by atoms with Crippen molar-refractivity contribution in [3.8, 4) is 0 Å². The lowest BCUT2D eigenvalue weighted by Gasteiger charge is -2.23. The van der Waals surface area contributed by atoms with Gasteiger partial charge in [-0.15, -0.1) is 0 Å². The summed E-state index contributed by atoms with van der Waals surface area (Å²) in [4.78, 5) is 11.2. The van der Waals surface area contributed by atoms with Crippen LogP contribution in [0.25, 0.3) is 0 Å². The highest BCUT2D eigenvalue weighted by Gasteiger charge is 2.29. The van der Waals surface area contributed by atoms with Crippen LogP contribution in [0.5, 0.6) is 0 Å². The van der Waals surface area contributed by atoms with E-state index >= 15 is 0 Å². The van der Waals surface area contributed by atoms with Crippen LogP contribution in [0, 0.1) is 0 Å². The van der Waals surface area contributed by atoms with Crippen LogP contribution >= 0.6 is 0 Å². The molecule has 0 fully saturated rings. The van der Waals surface area contributed by atoms with Crippen molar-refractivity contribution in [2.75, 3.05) is 23.9 Å². The number of hydrogen-bond acceptors (Lipinski definition) is 5. The van der Waals surface area contributed by atoms with Gasteiger partial charge in [0.15, 0.2) is 15.6 Å². The van der Waals surface area contributed by atoms with Crippen LogP contribution in [-0.2, 0) is 9.84 Å². The fourth-order valence-corrected chi connectivity index (χ4v) is 1.77. The van der Waals surface area contributed by atoms with Gasteiger partial charge < -0.3 is 11.1 Å². The van der Waals surface area contributed by atoms with E-state index in [-0.39, 0.29) is 12.3 Å². The summed E-state index contributed by atoms with van der Waals surface area (Å²) in [6.45, 7) is 5.03. The number of nitrogens with one attached hydrogen (secondary N) is 1. The summed E-state index contributed by atoms with van der Waals surface area (Å²) in [6, 6.07) is 4.98. The molecule has 0 aliphatic rings. The monoisotopic (exact) mass is 284 g/mol. The van der Waals surface area contributed by atoms with Gasteiger partial charge in [0.2, 0.25) is 0 Å². The number of rotatable bonds is 5. The Labute approximate surface area is 114 Å².